The van der Waals surface area contributed by atoms with Gasteiger partial charge in [-0.2, -0.15) is 0 Å². The van der Waals surface area contributed by atoms with Gasteiger partial charge < -0.3 is 4.74 Å². The van der Waals surface area contributed by atoms with Crippen LogP contribution in [-0.2, 0) is 4.74 Å². The Kier molecular flexibility index (Phi) is 6.91. The van der Waals surface area contributed by atoms with E-state index in [-0.39, 0.29) is 6.10 Å². The summed E-state index contributed by atoms with van der Waals surface area (Å²) in [6.07, 6.45) is 6.73. The number of rotatable bonds is 8. The fourth-order valence-electron chi connectivity index (χ4n) is 1.79. The molecule has 0 amide bonds. The van der Waals surface area contributed by atoms with Gasteiger partial charge in [-0.3, -0.25) is 0 Å². The number of hydrogen-bond acceptors (Lipinski definition) is 1. The van der Waals surface area contributed by atoms with Crippen LogP contribution in [0.3, 0.4) is 0 Å². The average molecular weight is 220 g/mol. The number of hydrogen-bond donors (Lipinski definition) is 0. The average Bonchev–Trinajstić information content (AvgIpc) is 2.34. The topological polar surface area (TPSA) is 9.23 Å². The minimum absolute atomic E-state index is 0.229. The summed E-state index contributed by atoms with van der Waals surface area (Å²) in [6.45, 7) is 5.26. The molecule has 1 atom stereocenters. The lowest BCUT2D eigenvalue weighted by atomic mass is 10.1. The second kappa shape index (κ2) is 8.35. The summed E-state index contributed by atoms with van der Waals surface area (Å²) in [4.78, 5) is 0. The van der Waals surface area contributed by atoms with Crippen molar-refractivity contribution in [2.24, 2.45) is 0 Å². The maximum absolute atomic E-state index is 5.81. The van der Waals surface area contributed by atoms with Crippen LogP contribution in [0.1, 0.15) is 57.6 Å². The van der Waals surface area contributed by atoms with E-state index in [0.717, 1.165) is 6.61 Å². The van der Waals surface area contributed by atoms with Crippen molar-refractivity contribution in [1.82, 2.24) is 0 Å². The Morgan fingerprint density at radius 2 is 1.69 bits per heavy atom. The zero-order chi connectivity index (χ0) is 11.6. The van der Waals surface area contributed by atoms with E-state index >= 15 is 0 Å². The van der Waals surface area contributed by atoms with Crippen LogP contribution in [0.25, 0.3) is 0 Å². The highest BCUT2D eigenvalue weighted by Crippen LogP contribution is 2.16. The van der Waals surface area contributed by atoms with E-state index in [1.54, 1.807) is 0 Å². The van der Waals surface area contributed by atoms with Crippen molar-refractivity contribution in [3.63, 3.8) is 0 Å². The molecule has 0 aliphatic rings. The lowest BCUT2D eigenvalue weighted by Gasteiger charge is -2.13. The molecule has 0 fully saturated rings. The summed E-state index contributed by atoms with van der Waals surface area (Å²) in [6, 6.07) is 10.4. The molecule has 1 rings (SSSR count). The van der Waals surface area contributed by atoms with Crippen molar-refractivity contribution >= 4 is 0 Å². The van der Waals surface area contributed by atoms with Crippen molar-refractivity contribution in [3.8, 4) is 0 Å². The van der Waals surface area contributed by atoms with Gasteiger partial charge in [-0.05, 0) is 18.9 Å². The van der Waals surface area contributed by atoms with Gasteiger partial charge >= 0.3 is 0 Å². The van der Waals surface area contributed by atoms with Gasteiger partial charge in [0.15, 0.2) is 0 Å². The van der Waals surface area contributed by atoms with Gasteiger partial charge in [0.05, 0.1) is 6.10 Å². The van der Waals surface area contributed by atoms with Gasteiger partial charge in [0.1, 0.15) is 0 Å². The van der Waals surface area contributed by atoms with Crippen LogP contribution >= 0.6 is 0 Å². The fourth-order valence-corrected chi connectivity index (χ4v) is 1.79. The summed E-state index contributed by atoms with van der Waals surface area (Å²) >= 11 is 0. The smallest absolute Gasteiger partial charge is 0.0796 e. The molecule has 0 saturated heterocycles. The van der Waals surface area contributed by atoms with Crippen molar-refractivity contribution < 1.29 is 4.74 Å². The standard InChI is InChI=1S/C15H24O/c1-3-4-5-6-10-13-16-14(2)15-11-8-7-9-12-15/h7-9,11-12,14H,3-6,10,13H2,1-2H3. The molecular weight excluding hydrogens is 196 g/mol. The molecule has 0 aromatic heterocycles. The van der Waals surface area contributed by atoms with Crippen LogP contribution in [0, 0.1) is 0 Å². The van der Waals surface area contributed by atoms with E-state index < -0.39 is 0 Å². The van der Waals surface area contributed by atoms with Crippen LogP contribution in [0.15, 0.2) is 30.3 Å². The lowest BCUT2D eigenvalue weighted by Crippen LogP contribution is -2.01. The van der Waals surface area contributed by atoms with Crippen molar-refractivity contribution in [1.29, 1.82) is 0 Å². The molecule has 0 aliphatic carbocycles. The molecule has 0 saturated carbocycles. The number of unbranched alkanes of at least 4 members (excludes halogenated alkanes) is 4. The van der Waals surface area contributed by atoms with Gasteiger partial charge in [-0.15, -0.1) is 0 Å². The highest BCUT2D eigenvalue weighted by Gasteiger charge is 2.03. The minimum Gasteiger partial charge on any atom is -0.374 e. The van der Waals surface area contributed by atoms with Crippen molar-refractivity contribution in [3.05, 3.63) is 35.9 Å². The SMILES string of the molecule is CCCCCCCOC(C)c1ccccc1. The second-order valence-electron chi connectivity index (χ2n) is 4.34. The molecule has 0 spiro atoms. The molecule has 0 bridgehead atoms. The Morgan fingerprint density at radius 1 is 1.00 bits per heavy atom. The number of benzene rings is 1. The first-order valence-electron chi connectivity index (χ1n) is 6.51. The fraction of sp³-hybridized carbons (Fsp3) is 0.600. The molecule has 0 radical (unpaired) electrons. The third-order valence-electron chi connectivity index (χ3n) is 2.88. The highest BCUT2D eigenvalue weighted by atomic mass is 16.5. The van der Waals surface area contributed by atoms with Crippen LogP contribution in [-0.4, -0.2) is 6.61 Å². The Labute approximate surface area is 99.8 Å². The molecule has 16 heavy (non-hydrogen) atoms. The first-order valence-corrected chi connectivity index (χ1v) is 6.51. The lowest BCUT2D eigenvalue weighted by molar-refractivity contribution is 0.0627. The normalized spacial score (nSPS) is 12.6. The molecule has 90 valence electrons. The zero-order valence-electron chi connectivity index (χ0n) is 10.6. The zero-order valence-corrected chi connectivity index (χ0v) is 10.6. The molecule has 0 aliphatic heterocycles. The molecule has 1 unspecified atom stereocenters. The highest BCUT2D eigenvalue weighted by molar-refractivity contribution is 5.16. The van der Waals surface area contributed by atoms with Gasteiger partial charge in [0.2, 0.25) is 0 Å². The largest absolute Gasteiger partial charge is 0.374 e. The van der Waals surface area contributed by atoms with Crippen LogP contribution in [0.2, 0.25) is 0 Å². The molecule has 0 heterocycles. The van der Waals surface area contributed by atoms with Crippen molar-refractivity contribution in [2.45, 2.75) is 52.1 Å². The maximum atomic E-state index is 5.81. The van der Waals surface area contributed by atoms with Gasteiger partial charge in [0, 0.05) is 6.61 Å². The van der Waals surface area contributed by atoms with Crippen LogP contribution in [0.4, 0.5) is 0 Å². The van der Waals surface area contributed by atoms with E-state index in [4.69, 9.17) is 4.74 Å². The predicted molar refractivity (Wildman–Crippen MR) is 69.6 cm³/mol. The first-order chi connectivity index (χ1) is 7.84. The van der Waals surface area contributed by atoms with E-state index in [9.17, 15) is 0 Å². The number of ether oxygens (including phenoxy) is 1. The quantitative estimate of drug-likeness (QED) is 0.575. The van der Waals surface area contributed by atoms with Crippen LogP contribution < -0.4 is 0 Å². The second-order valence-corrected chi connectivity index (χ2v) is 4.34. The summed E-state index contributed by atoms with van der Waals surface area (Å²) in [5.74, 6) is 0. The van der Waals surface area contributed by atoms with Gasteiger partial charge in [-0.1, -0.05) is 62.9 Å². The monoisotopic (exact) mass is 220 g/mol. The molecule has 1 nitrogen and oxygen atoms in total. The van der Waals surface area contributed by atoms with E-state index in [0.29, 0.717) is 0 Å². The van der Waals surface area contributed by atoms with Gasteiger partial charge in [0.25, 0.3) is 0 Å². The molecule has 0 N–H and O–H groups in total. The Morgan fingerprint density at radius 3 is 2.38 bits per heavy atom. The Balaban J connectivity index is 2.09. The summed E-state index contributed by atoms with van der Waals surface area (Å²) < 4.78 is 5.81. The molecule has 1 heteroatoms. The molecular formula is C15H24O. The van der Waals surface area contributed by atoms with Crippen molar-refractivity contribution in [2.75, 3.05) is 6.61 Å². The first kappa shape index (κ1) is 13.2. The minimum atomic E-state index is 0.229. The molecule has 1 aromatic rings. The molecule has 1 aromatic carbocycles. The summed E-state index contributed by atoms with van der Waals surface area (Å²) in [7, 11) is 0. The van der Waals surface area contributed by atoms with E-state index in [1.807, 2.05) is 6.07 Å². The van der Waals surface area contributed by atoms with Gasteiger partial charge in [-0.25, -0.2) is 0 Å². The van der Waals surface area contributed by atoms with E-state index in [2.05, 4.69) is 38.1 Å². The summed E-state index contributed by atoms with van der Waals surface area (Å²) in [5, 5.41) is 0. The van der Waals surface area contributed by atoms with E-state index in [1.165, 1.54) is 37.7 Å². The maximum Gasteiger partial charge on any atom is 0.0796 e. The Bertz CT molecular complexity index is 255. The predicted octanol–water partition coefficient (Wildman–Crippen LogP) is 4.73. The third-order valence-corrected chi connectivity index (χ3v) is 2.88. The third kappa shape index (κ3) is 5.32. The summed E-state index contributed by atoms with van der Waals surface area (Å²) in [5.41, 5.74) is 1.27. The Hall–Kier alpha value is -0.820. The van der Waals surface area contributed by atoms with Crippen LogP contribution in [0.5, 0.6) is 0 Å².